The Morgan fingerprint density at radius 3 is 2.72 bits per heavy atom. The summed E-state index contributed by atoms with van der Waals surface area (Å²) in [6.45, 7) is 0.581. The molecular weight excluding hydrogens is 290 g/mol. The molecule has 0 bridgehead atoms. The molecule has 0 fully saturated rings. The van der Waals surface area contributed by atoms with E-state index in [1.807, 2.05) is 42.6 Å². The maximum atomic E-state index is 5.89. The lowest BCUT2D eigenvalue weighted by atomic mass is 10.2. The zero-order valence-corrected chi connectivity index (χ0v) is 11.3. The monoisotopic (exact) mass is 301 g/mol. The van der Waals surface area contributed by atoms with Crippen molar-refractivity contribution in [3.8, 4) is 5.75 Å². The second-order valence-electron chi connectivity index (χ2n) is 4.12. The average molecular weight is 302 g/mol. The number of rotatable bonds is 3. The molecule has 0 radical (unpaired) electrons. The minimum Gasteiger partial charge on any atom is -0.488 e. The zero-order valence-electron chi connectivity index (χ0n) is 9.69. The molecule has 0 saturated carbocycles. The van der Waals surface area contributed by atoms with Crippen molar-refractivity contribution < 1.29 is 4.74 Å². The number of nitrogens with one attached hydrogen (secondary N) is 1. The summed E-state index contributed by atoms with van der Waals surface area (Å²) in [7, 11) is 0. The van der Waals surface area contributed by atoms with Gasteiger partial charge in [0, 0.05) is 16.1 Å². The number of ether oxygens (including phenoxy) is 1. The van der Waals surface area contributed by atoms with Gasteiger partial charge in [-0.15, -0.1) is 0 Å². The Balaban J connectivity index is 1.88. The Morgan fingerprint density at radius 2 is 1.89 bits per heavy atom. The molecule has 18 heavy (non-hydrogen) atoms. The molecule has 0 amide bonds. The van der Waals surface area contributed by atoms with Gasteiger partial charge in [-0.1, -0.05) is 46.3 Å². The quantitative estimate of drug-likeness (QED) is 0.756. The van der Waals surface area contributed by atoms with E-state index in [2.05, 4.69) is 33.0 Å². The summed E-state index contributed by atoms with van der Waals surface area (Å²) in [5.74, 6) is 0.893. The summed E-state index contributed by atoms with van der Waals surface area (Å²) in [5.41, 5.74) is 2.24. The van der Waals surface area contributed by atoms with Crippen LogP contribution in [0.5, 0.6) is 5.75 Å². The molecule has 3 rings (SSSR count). The van der Waals surface area contributed by atoms with Gasteiger partial charge in [0.25, 0.3) is 0 Å². The largest absolute Gasteiger partial charge is 0.488 e. The van der Waals surface area contributed by atoms with Gasteiger partial charge >= 0.3 is 0 Å². The molecule has 0 aliphatic heterocycles. The molecule has 1 N–H and O–H groups in total. The summed E-state index contributed by atoms with van der Waals surface area (Å²) in [6.07, 6.45) is 1.92. The van der Waals surface area contributed by atoms with Gasteiger partial charge in [-0.25, -0.2) is 0 Å². The standard InChI is InChI=1S/C15H12BrNO/c16-12-8-14-13(6-7-17-14)15(9-12)18-10-11-4-2-1-3-5-11/h1-9,17H,10H2. The van der Waals surface area contributed by atoms with E-state index < -0.39 is 0 Å². The number of aromatic amines is 1. The van der Waals surface area contributed by atoms with Gasteiger partial charge in [0.15, 0.2) is 0 Å². The summed E-state index contributed by atoms with van der Waals surface area (Å²) >= 11 is 3.49. The Labute approximate surface area is 114 Å². The maximum absolute atomic E-state index is 5.89. The third-order valence-electron chi connectivity index (χ3n) is 2.83. The van der Waals surface area contributed by atoms with E-state index in [0.29, 0.717) is 6.61 Å². The molecule has 0 spiro atoms. The van der Waals surface area contributed by atoms with Crippen molar-refractivity contribution in [2.24, 2.45) is 0 Å². The Kier molecular flexibility index (Phi) is 3.07. The molecule has 1 heterocycles. The van der Waals surface area contributed by atoms with Crippen LogP contribution in [0.1, 0.15) is 5.56 Å². The van der Waals surface area contributed by atoms with Crippen LogP contribution >= 0.6 is 15.9 Å². The highest BCUT2D eigenvalue weighted by molar-refractivity contribution is 9.10. The molecule has 0 unspecified atom stereocenters. The van der Waals surface area contributed by atoms with Crippen LogP contribution in [-0.4, -0.2) is 4.98 Å². The van der Waals surface area contributed by atoms with E-state index in [1.165, 1.54) is 5.56 Å². The number of hydrogen-bond acceptors (Lipinski definition) is 1. The van der Waals surface area contributed by atoms with Crippen LogP contribution in [0.3, 0.4) is 0 Å². The van der Waals surface area contributed by atoms with E-state index >= 15 is 0 Å². The van der Waals surface area contributed by atoms with Crippen molar-refractivity contribution in [1.82, 2.24) is 4.98 Å². The molecule has 2 nitrogen and oxygen atoms in total. The first-order valence-corrected chi connectivity index (χ1v) is 6.55. The molecule has 0 aliphatic rings. The predicted octanol–water partition coefficient (Wildman–Crippen LogP) is 4.51. The first-order chi connectivity index (χ1) is 8.83. The number of halogens is 1. The average Bonchev–Trinajstić information content (AvgIpc) is 2.85. The molecule has 1 aromatic heterocycles. The molecular formula is C15H12BrNO. The molecule has 0 atom stereocenters. The fraction of sp³-hybridized carbons (Fsp3) is 0.0667. The van der Waals surface area contributed by atoms with E-state index in [1.54, 1.807) is 0 Å². The van der Waals surface area contributed by atoms with E-state index in [-0.39, 0.29) is 0 Å². The van der Waals surface area contributed by atoms with Crippen LogP contribution in [-0.2, 0) is 6.61 Å². The fourth-order valence-electron chi connectivity index (χ4n) is 1.95. The third-order valence-corrected chi connectivity index (χ3v) is 3.29. The molecule has 0 aliphatic carbocycles. The molecule has 2 aromatic carbocycles. The van der Waals surface area contributed by atoms with Crippen LogP contribution < -0.4 is 4.74 Å². The molecule has 3 aromatic rings. The predicted molar refractivity (Wildman–Crippen MR) is 76.8 cm³/mol. The summed E-state index contributed by atoms with van der Waals surface area (Å²) in [5, 5.41) is 1.11. The number of fused-ring (bicyclic) bond motifs is 1. The molecule has 0 saturated heterocycles. The van der Waals surface area contributed by atoms with Crippen LogP contribution in [0, 0.1) is 0 Å². The van der Waals surface area contributed by atoms with Crippen molar-refractivity contribution in [2.75, 3.05) is 0 Å². The molecule has 3 heteroatoms. The van der Waals surface area contributed by atoms with E-state index in [4.69, 9.17) is 4.74 Å². The lowest BCUT2D eigenvalue weighted by molar-refractivity contribution is 0.310. The van der Waals surface area contributed by atoms with Gasteiger partial charge in [0.1, 0.15) is 12.4 Å². The fourth-order valence-corrected chi connectivity index (χ4v) is 2.39. The Morgan fingerprint density at radius 1 is 1.06 bits per heavy atom. The normalized spacial score (nSPS) is 10.7. The first kappa shape index (κ1) is 11.4. The summed E-state index contributed by atoms with van der Waals surface area (Å²) in [6, 6.07) is 16.2. The van der Waals surface area contributed by atoms with Crippen LogP contribution in [0.2, 0.25) is 0 Å². The van der Waals surface area contributed by atoms with Crippen LogP contribution in [0.15, 0.2) is 59.2 Å². The second kappa shape index (κ2) is 4.86. The number of aromatic nitrogens is 1. The Bertz CT molecular complexity index is 661. The van der Waals surface area contributed by atoms with Crippen LogP contribution in [0.25, 0.3) is 10.9 Å². The SMILES string of the molecule is Brc1cc(OCc2ccccc2)c2cc[nH]c2c1. The van der Waals surface area contributed by atoms with Gasteiger partial charge < -0.3 is 9.72 Å². The highest BCUT2D eigenvalue weighted by atomic mass is 79.9. The topological polar surface area (TPSA) is 25.0 Å². The minimum absolute atomic E-state index is 0.581. The lowest BCUT2D eigenvalue weighted by Crippen LogP contribution is -1.95. The molecule has 90 valence electrons. The Hall–Kier alpha value is -1.74. The van der Waals surface area contributed by atoms with Crippen molar-refractivity contribution in [3.63, 3.8) is 0 Å². The van der Waals surface area contributed by atoms with Crippen molar-refractivity contribution in [2.45, 2.75) is 6.61 Å². The van der Waals surface area contributed by atoms with Crippen molar-refractivity contribution in [3.05, 3.63) is 64.8 Å². The van der Waals surface area contributed by atoms with Gasteiger partial charge in [0.05, 0.1) is 5.52 Å². The highest BCUT2D eigenvalue weighted by Gasteiger charge is 2.05. The summed E-state index contributed by atoms with van der Waals surface area (Å²) < 4.78 is 6.91. The first-order valence-electron chi connectivity index (χ1n) is 5.76. The number of benzene rings is 2. The zero-order chi connectivity index (χ0) is 12.4. The van der Waals surface area contributed by atoms with E-state index in [0.717, 1.165) is 21.1 Å². The number of H-pyrrole nitrogens is 1. The maximum Gasteiger partial charge on any atom is 0.130 e. The second-order valence-corrected chi connectivity index (χ2v) is 5.03. The van der Waals surface area contributed by atoms with Crippen LogP contribution in [0.4, 0.5) is 0 Å². The highest BCUT2D eigenvalue weighted by Crippen LogP contribution is 2.30. The van der Waals surface area contributed by atoms with Gasteiger partial charge in [-0.2, -0.15) is 0 Å². The number of hydrogen-bond donors (Lipinski definition) is 1. The smallest absolute Gasteiger partial charge is 0.130 e. The van der Waals surface area contributed by atoms with Crippen molar-refractivity contribution in [1.29, 1.82) is 0 Å². The van der Waals surface area contributed by atoms with Gasteiger partial charge in [-0.05, 0) is 23.8 Å². The lowest BCUT2D eigenvalue weighted by Gasteiger charge is -2.08. The van der Waals surface area contributed by atoms with Gasteiger partial charge in [0.2, 0.25) is 0 Å². The third kappa shape index (κ3) is 2.27. The minimum atomic E-state index is 0.581. The van der Waals surface area contributed by atoms with E-state index in [9.17, 15) is 0 Å². The summed E-state index contributed by atoms with van der Waals surface area (Å²) in [4.78, 5) is 3.19. The van der Waals surface area contributed by atoms with Gasteiger partial charge in [-0.3, -0.25) is 0 Å². The van der Waals surface area contributed by atoms with Crippen molar-refractivity contribution >= 4 is 26.8 Å².